The van der Waals surface area contributed by atoms with Crippen LogP contribution in [0.25, 0.3) is 0 Å². The van der Waals surface area contributed by atoms with Crippen molar-refractivity contribution in [1.82, 2.24) is 0 Å². The highest BCUT2D eigenvalue weighted by Crippen LogP contribution is 2.63. The maximum Gasteiger partial charge on any atom is 0.337 e. The molecule has 1 atom stereocenters. The molecule has 1 saturated heterocycles. The lowest BCUT2D eigenvalue weighted by Gasteiger charge is -2.44. The van der Waals surface area contributed by atoms with Crippen molar-refractivity contribution in [1.29, 1.82) is 0 Å². The summed E-state index contributed by atoms with van der Waals surface area (Å²) in [4.78, 5) is 26.2. The molecule has 1 aromatic carbocycles. The number of carbonyl (C=O) groups is 2. The molecule has 1 unspecified atom stereocenters. The summed E-state index contributed by atoms with van der Waals surface area (Å²) in [6.45, 7) is 10.8. The lowest BCUT2D eigenvalue weighted by atomic mass is 9.82. The maximum absolute atomic E-state index is 13.1. The van der Waals surface area contributed by atoms with Crippen LogP contribution < -0.4 is 0 Å². The van der Waals surface area contributed by atoms with E-state index in [0.717, 1.165) is 22.6 Å². The smallest absolute Gasteiger partial charge is 0.337 e. The van der Waals surface area contributed by atoms with Gasteiger partial charge in [0.2, 0.25) is 0 Å². The Hall–Kier alpha value is -1.22. The quantitative estimate of drug-likeness (QED) is 0.455. The molecule has 0 saturated carbocycles. The number of ether oxygens (including phenoxy) is 2. The van der Waals surface area contributed by atoms with Crippen molar-refractivity contribution in [3.8, 4) is 0 Å². The second-order valence-corrected chi connectivity index (χ2v) is 16.6. The summed E-state index contributed by atoms with van der Waals surface area (Å²) in [5, 5.41) is -0.0689. The summed E-state index contributed by atoms with van der Waals surface area (Å²) in [5.41, 5.74) is 2.56. The Morgan fingerprint density at radius 1 is 1.03 bits per heavy atom. The molecule has 5 nitrogen and oxygen atoms in total. The molecule has 0 amide bonds. The van der Waals surface area contributed by atoms with Gasteiger partial charge in [-0.05, 0) is 29.3 Å². The fraction of sp³-hybridized carbons (Fsp3) is 0.545. The van der Waals surface area contributed by atoms with Gasteiger partial charge in [-0.3, -0.25) is 0 Å². The van der Waals surface area contributed by atoms with Gasteiger partial charge in [0.25, 0.3) is 0 Å². The normalized spacial score (nSPS) is 20.8. The minimum atomic E-state index is -2.29. The molecular weight excluding hydrogens is 436 g/mol. The first-order chi connectivity index (χ1) is 14.0. The van der Waals surface area contributed by atoms with Crippen molar-refractivity contribution in [3.05, 3.63) is 46.5 Å². The average molecular weight is 467 g/mol. The average Bonchev–Trinajstić information content (AvgIpc) is 3.18. The predicted octanol–water partition coefficient (Wildman–Crippen LogP) is 5.04. The van der Waals surface area contributed by atoms with Crippen molar-refractivity contribution in [2.75, 3.05) is 25.7 Å². The SMILES string of the molecule is COC(=O)C1=C(C(=O)OC)C2(SCCS2)c2ccccc2C1O[Si](C)(C)C(C)(C)C. The van der Waals surface area contributed by atoms with Crippen LogP contribution in [-0.4, -0.2) is 46.0 Å². The first kappa shape index (κ1) is 23.4. The first-order valence-electron chi connectivity index (χ1n) is 9.96. The molecule has 0 aromatic heterocycles. The minimum absolute atomic E-state index is 0.0689. The zero-order valence-electron chi connectivity index (χ0n) is 18.7. The molecule has 8 heteroatoms. The number of methoxy groups -OCH3 is 2. The molecule has 0 bridgehead atoms. The van der Waals surface area contributed by atoms with Gasteiger partial charge in [-0.15, -0.1) is 23.5 Å². The van der Waals surface area contributed by atoms with Crippen LogP contribution >= 0.6 is 23.5 Å². The molecule has 3 rings (SSSR count). The molecule has 0 radical (unpaired) electrons. The number of benzene rings is 1. The zero-order valence-corrected chi connectivity index (χ0v) is 21.3. The van der Waals surface area contributed by atoms with E-state index in [1.807, 2.05) is 24.3 Å². The number of rotatable bonds is 4. The summed E-state index contributed by atoms with van der Waals surface area (Å²) in [6, 6.07) is 7.98. The van der Waals surface area contributed by atoms with Crippen molar-refractivity contribution in [3.63, 3.8) is 0 Å². The minimum Gasteiger partial charge on any atom is -0.466 e. The highest BCUT2D eigenvalue weighted by Gasteiger charge is 2.55. The third-order valence-electron chi connectivity index (χ3n) is 6.17. The van der Waals surface area contributed by atoms with Crippen molar-refractivity contribution < 1.29 is 23.5 Å². The topological polar surface area (TPSA) is 61.8 Å². The number of esters is 2. The Kier molecular flexibility index (Phi) is 6.54. The number of hydrogen-bond acceptors (Lipinski definition) is 7. The van der Waals surface area contributed by atoms with Crippen LogP contribution in [0.2, 0.25) is 18.1 Å². The van der Waals surface area contributed by atoms with Crippen molar-refractivity contribution >= 4 is 43.8 Å². The van der Waals surface area contributed by atoms with E-state index in [-0.39, 0.29) is 10.6 Å². The van der Waals surface area contributed by atoms with Crippen molar-refractivity contribution in [2.45, 2.75) is 49.1 Å². The van der Waals surface area contributed by atoms with Crippen LogP contribution in [-0.2, 0) is 27.6 Å². The van der Waals surface area contributed by atoms with Crippen LogP contribution in [0.15, 0.2) is 35.4 Å². The van der Waals surface area contributed by atoms with Gasteiger partial charge in [-0.25, -0.2) is 9.59 Å². The van der Waals surface area contributed by atoms with E-state index in [1.165, 1.54) is 14.2 Å². The molecule has 2 aliphatic rings. The highest BCUT2D eigenvalue weighted by atomic mass is 32.2. The molecule has 30 heavy (non-hydrogen) atoms. The van der Waals surface area contributed by atoms with Crippen LogP contribution in [0.1, 0.15) is 38.0 Å². The maximum atomic E-state index is 13.1. The molecule has 164 valence electrons. The Morgan fingerprint density at radius 2 is 1.60 bits per heavy atom. The predicted molar refractivity (Wildman–Crippen MR) is 125 cm³/mol. The Balaban J connectivity index is 2.34. The van der Waals surface area contributed by atoms with Crippen molar-refractivity contribution in [2.24, 2.45) is 0 Å². The third-order valence-corrected chi connectivity index (χ3v) is 14.0. The fourth-order valence-electron chi connectivity index (χ4n) is 3.60. The molecule has 1 aromatic rings. The third kappa shape index (κ3) is 3.76. The van der Waals surface area contributed by atoms with Gasteiger partial charge in [-0.1, -0.05) is 45.0 Å². The van der Waals surface area contributed by atoms with E-state index in [0.29, 0.717) is 5.57 Å². The molecule has 1 fully saturated rings. The number of hydrogen-bond donors (Lipinski definition) is 0. The highest BCUT2D eigenvalue weighted by molar-refractivity contribution is 8.21. The lowest BCUT2D eigenvalue weighted by molar-refractivity contribution is -0.140. The molecule has 1 aliphatic heterocycles. The Morgan fingerprint density at radius 3 is 2.13 bits per heavy atom. The van der Waals surface area contributed by atoms with Gasteiger partial charge in [0.15, 0.2) is 8.32 Å². The van der Waals surface area contributed by atoms with E-state index in [4.69, 9.17) is 13.9 Å². The Labute approximate surface area is 188 Å². The van der Waals surface area contributed by atoms with Gasteiger partial charge in [0, 0.05) is 11.5 Å². The van der Waals surface area contributed by atoms with Crippen LogP contribution in [0.3, 0.4) is 0 Å². The molecular formula is C22H30O5S2Si. The van der Waals surface area contributed by atoms with Gasteiger partial charge in [0.05, 0.1) is 25.4 Å². The molecule has 1 spiro atoms. The lowest BCUT2D eigenvalue weighted by Crippen LogP contribution is -2.45. The number of carbonyl (C=O) groups excluding carboxylic acids is 2. The molecule has 0 N–H and O–H groups in total. The van der Waals surface area contributed by atoms with E-state index < -0.39 is 30.4 Å². The summed E-state index contributed by atoms with van der Waals surface area (Å²) in [5.74, 6) is 0.709. The molecule has 1 aliphatic carbocycles. The Bertz CT molecular complexity index is 882. The van der Waals surface area contributed by atoms with E-state index in [9.17, 15) is 9.59 Å². The summed E-state index contributed by atoms with van der Waals surface area (Å²) in [6.07, 6.45) is -0.670. The van der Waals surface area contributed by atoms with E-state index >= 15 is 0 Å². The summed E-state index contributed by atoms with van der Waals surface area (Å²) in [7, 11) is 0.402. The zero-order chi connectivity index (χ0) is 22.3. The standard InChI is InChI=1S/C22H30O5S2Si/c1-21(2,3)30(6,7)27-18-14-10-8-9-11-15(14)22(28-12-13-29-22)17(20(24)26-5)16(18)19(23)25-4/h8-11,18H,12-13H2,1-7H3. The van der Waals surface area contributed by atoms with Gasteiger partial charge in [-0.2, -0.15) is 0 Å². The van der Waals surface area contributed by atoms with Gasteiger partial charge < -0.3 is 13.9 Å². The monoisotopic (exact) mass is 466 g/mol. The van der Waals surface area contributed by atoms with Crippen LogP contribution in [0.4, 0.5) is 0 Å². The summed E-state index contributed by atoms with van der Waals surface area (Å²) < 4.78 is 16.5. The summed E-state index contributed by atoms with van der Waals surface area (Å²) >= 11 is 3.34. The first-order valence-corrected chi connectivity index (χ1v) is 14.8. The van der Waals surface area contributed by atoms with E-state index in [2.05, 4.69) is 33.9 Å². The fourth-order valence-corrected chi connectivity index (χ4v) is 8.22. The van der Waals surface area contributed by atoms with E-state index in [1.54, 1.807) is 23.5 Å². The van der Waals surface area contributed by atoms with Gasteiger partial charge in [0.1, 0.15) is 10.2 Å². The van der Waals surface area contributed by atoms with Crippen LogP contribution in [0, 0.1) is 0 Å². The number of fused-ring (bicyclic) bond motifs is 2. The second kappa shape index (κ2) is 8.37. The number of thioether (sulfide) groups is 2. The second-order valence-electron chi connectivity index (χ2n) is 8.93. The largest absolute Gasteiger partial charge is 0.466 e. The van der Waals surface area contributed by atoms with Gasteiger partial charge >= 0.3 is 11.9 Å². The van der Waals surface area contributed by atoms with Crippen LogP contribution in [0.5, 0.6) is 0 Å². The molecule has 1 heterocycles.